The van der Waals surface area contributed by atoms with Crippen LogP contribution < -0.4 is 5.32 Å². The zero-order valence-corrected chi connectivity index (χ0v) is 12.1. The Kier molecular flexibility index (Phi) is 3.51. The molecule has 3 heteroatoms. The first-order valence-corrected chi connectivity index (χ1v) is 7.50. The number of aromatic amines is 1. The lowest BCUT2D eigenvalue weighted by atomic mass is 9.80. The van der Waals surface area contributed by atoms with Crippen LogP contribution in [0.15, 0.2) is 30.5 Å². The van der Waals surface area contributed by atoms with Gasteiger partial charge in [0, 0.05) is 17.6 Å². The smallest absolute Gasteiger partial charge is 0.253 e. The molecule has 2 atom stereocenters. The molecular weight excluding hydrogens is 248 g/mol. The first-order valence-electron chi connectivity index (χ1n) is 7.50. The Balaban J connectivity index is 1.77. The highest BCUT2D eigenvalue weighted by atomic mass is 16.1. The summed E-state index contributed by atoms with van der Waals surface area (Å²) in [4.78, 5) is 15.7. The Morgan fingerprint density at radius 3 is 2.65 bits per heavy atom. The molecule has 0 aliphatic heterocycles. The van der Waals surface area contributed by atoms with E-state index >= 15 is 0 Å². The van der Waals surface area contributed by atoms with Crippen LogP contribution in [0, 0.1) is 11.8 Å². The number of hydrogen-bond acceptors (Lipinski definition) is 1. The van der Waals surface area contributed by atoms with Gasteiger partial charge in [-0.25, -0.2) is 0 Å². The van der Waals surface area contributed by atoms with Crippen molar-refractivity contribution < 1.29 is 4.79 Å². The van der Waals surface area contributed by atoms with E-state index in [2.05, 4.69) is 24.1 Å². The number of aromatic nitrogens is 1. The molecule has 0 spiro atoms. The zero-order chi connectivity index (χ0) is 14.1. The van der Waals surface area contributed by atoms with Gasteiger partial charge in [-0.05, 0) is 43.2 Å². The van der Waals surface area contributed by atoms with Crippen molar-refractivity contribution >= 4 is 16.8 Å². The number of nitrogens with one attached hydrogen (secondary N) is 2. The van der Waals surface area contributed by atoms with E-state index in [1.54, 1.807) is 0 Å². The Morgan fingerprint density at radius 1 is 1.15 bits per heavy atom. The fourth-order valence-corrected chi connectivity index (χ4v) is 3.60. The predicted molar refractivity (Wildman–Crippen MR) is 81.7 cm³/mol. The number of hydrogen-bond donors (Lipinski definition) is 2. The van der Waals surface area contributed by atoms with Gasteiger partial charge in [0.15, 0.2) is 0 Å². The summed E-state index contributed by atoms with van der Waals surface area (Å²) in [6, 6.07) is 8.16. The van der Waals surface area contributed by atoms with Crippen LogP contribution in [0.5, 0.6) is 0 Å². The molecule has 3 rings (SSSR count). The molecule has 2 N–H and O–H groups in total. The van der Waals surface area contributed by atoms with Crippen LogP contribution in [0.25, 0.3) is 10.9 Å². The number of para-hydroxylation sites is 1. The molecule has 106 valence electrons. The lowest BCUT2D eigenvalue weighted by molar-refractivity contribution is 0.0913. The monoisotopic (exact) mass is 270 g/mol. The molecule has 0 radical (unpaired) electrons. The Morgan fingerprint density at radius 2 is 1.90 bits per heavy atom. The van der Waals surface area contributed by atoms with Crippen molar-refractivity contribution in [1.29, 1.82) is 0 Å². The number of fused-ring (bicyclic) bond motifs is 1. The highest BCUT2D eigenvalue weighted by Gasteiger charge is 2.25. The molecule has 1 amide bonds. The van der Waals surface area contributed by atoms with Crippen LogP contribution >= 0.6 is 0 Å². The van der Waals surface area contributed by atoms with E-state index in [1.807, 2.05) is 30.5 Å². The van der Waals surface area contributed by atoms with E-state index < -0.39 is 0 Å². The second-order valence-electron chi connectivity index (χ2n) is 6.34. The highest BCUT2D eigenvalue weighted by molar-refractivity contribution is 6.05. The summed E-state index contributed by atoms with van der Waals surface area (Å²) in [6.07, 6.45) is 5.35. The summed E-state index contributed by atoms with van der Waals surface area (Å²) in [5, 5.41) is 4.31. The van der Waals surface area contributed by atoms with E-state index in [9.17, 15) is 4.79 Å². The number of benzene rings is 1. The van der Waals surface area contributed by atoms with E-state index in [1.165, 1.54) is 6.42 Å². The summed E-state index contributed by atoms with van der Waals surface area (Å²) in [5.41, 5.74) is 1.68. The SMILES string of the molecule is CC1CC(C)CC(NC(=O)c2cccc3cc[nH]c23)C1. The average Bonchev–Trinajstić information content (AvgIpc) is 2.85. The van der Waals surface area contributed by atoms with Crippen LogP contribution in [0.2, 0.25) is 0 Å². The molecule has 0 bridgehead atoms. The predicted octanol–water partition coefficient (Wildman–Crippen LogP) is 3.72. The minimum absolute atomic E-state index is 0.0457. The van der Waals surface area contributed by atoms with Crippen molar-refractivity contribution in [1.82, 2.24) is 10.3 Å². The average molecular weight is 270 g/mol. The Bertz CT molecular complexity index is 606. The fraction of sp³-hybridized carbons (Fsp3) is 0.471. The van der Waals surface area contributed by atoms with E-state index in [4.69, 9.17) is 0 Å². The van der Waals surface area contributed by atoms with Gasteiger partial charge in [-0.1, -0.05) is 26.0 Å². The molecule has 2 aromatic rings. The molecule has 1 aliphatic carbocycles. The van der Waals surface area contributed by atoms with Crippen molar-refractivity contribution in [2.45, 2.75) is 39.2 Å². The largest absolute Gasteiger partial charge is 0.361 e. The first kappa shape index (κ1) is 13.2. The normalized spacial score (nSPS) is 26.6. The molecule has 2 unspecified atom stereocenters. The lowest BCUT2D eigenvalue weighted by Crippen LogP contribution is -2.40. The maximum absolute atomic E-state index is 12.5. The third-order valence-electron chi connectivity index (χ3n) is 4.35. The quantitative estimate of drug-likeness (QED) is 0.858. The number of carbonyl (C=O) groups excluding carboxylic acids is 1. The van der Waals surface area contributed by atoms with Gasteiger partial charge in [-0.3, -0.25) is 4.79 Å². The molecule has 1 aromatic carbocycles. The summed E-state index contributed by atoms with van der Waals surface area (Å²) < 4.78 is 0. The summed E-state index contributed by atoms with van der Waals surface area (Å²) in [5.74, 6) is 1.44. The van der Waals surface area contributed by atoms with Crippen molar-refractivity contribution in [2.75, 3.05) is 0 Å². The second kappa shape index (κ2) is 5.31. The van der Waals surface area contributed by atoms with Crippen molar-refractivity contribution in [3.05, 3.63) is 36.0 Å². The van der Waals surface area contributed by atoms with Gasteiger partial charge in [0.2, 0.25) is 0 Å². The fourth-order valence-electron chi connectivity index (χ4n) is 3.60. The summed E-state index contributed by atoms with van der Waals surface area (Å²) >= 11 is 0. The molecule has 1 aliphatic rings. The topological polar surface area (TPSA) is 44.9 Å². The van der Waals surface area contributed by atoms with E-state index in [0.717, 1.165) is 29.3 Å². The molecule has 20 heavy (non-hydrogen) atoms. The minimum Gasteiger partial charge on any atom is -0.361 e. The standard InChI is InChI=1S/C17H22N2O/c1-11-8-12(2)10-14(9-11)19-17(20)15-5-3-4-13-6-7-18-16(13)15/h3-7,11-12,14,18H,8-10H2,1-2H3,(H,19,20). The Hall–Kier alpha value is -1.77. The third kappa shape index (κ3) is 2.58. The van der Waals surface area contributed by atoms with Crippen molar-refractivity contribution in [3.8, 4) is 0 Å². The molecule has 3 nitrogen and oxygen atoms in total. The lowest BCUT2D eigenvalue weighted by Gasteiger charge is -2.32. The highest BCUT2D eigenvalue weighted by Crippen LogP contribution is 2.29. The molecular formula is C17H22N2O. The van der Waals surface area contributed by atoms with E-state index in [-0.39, 0.29) is 5.91 Å². The Labute approximate surface area is 119 Å². The minimum atomic E-state index is 0.0457. The maximum Gasteiger partial charge on any atom is 0.253 e. The number of amides is 1. The number of H-pyrrole nitrogens is 1. The maximum atomic E-state index is 12.5. The van der Waals surface area contributed by atoms with Crippen LogP contribution in [0.3, 0.4) is 0 Å². The van der Waals surface area contributed by atoms with Crippen LogP contribution in [0.1, 0.15) is 43.5 Å². The summed E-state index contributed by atoms with van der Waals surface area (Å²) in [7, 11) is 0. The van der Waals surface area contributed by atoms with Crippen LogP contribution in [0.4, 0.5) is 0 Å². The molecule has 0 saturated heterocycles. The molecule has 1 saturated carbocycles. The number of rotatable bonds is 2. The van der Waals surface area contributed by atoms with E-state index in [0.29, 0.717) is 17.9 Å². The van der Waals surface area contributed by atoms with Gasteiger partial charge in [-0.15, -0.1) is 0 Å². The van der Waals surface area contributed by atoms with Gasteiger partial charge in [-0.2, -0.15) is 0 Å². The zero-order valence-electron chi connectivity index (χ0n) is 12.1. The first-order chi connectivity index (χ1) is 9.63. The van der Waals surface area contributed by atoms with Crippen molar-refractivity contribution in [2.24, 2.45) is 11.8 Å². The van der Waals surface area contributed by atoms with Gasteiger partial charge in [0.25, 0.3) is 5.91 Å². The van der Waals surface area contributed by atoms with Gasteiger partial charge in [0.1, 0.15) is 0 Å². The molecule has 1 fully saturated rings. The second-order valence-corrected chi connectivity index (χ2v) is 6.34. The van der Waals surface area contributed by atoms with Gasteiger partial charge >= 0.3 is 0 Å². The third-order valence-corrected chi connectivity index (χ3v) is 4.35. The van der Waals surface area contributed by atoms with Crippen LogP contribution in [-0.4, -0.2) is 16.9 Å². The molecule has 1 heterocycles. The van der Waals surface area contributed by atoms with Gasteiger partial charge in [0.05, 0.1) is 11.1 Å². The van der Waals surface area contributed by atoms with Crippen molar-refractivity contribution in [3.63, 3.8) is 0 Å². The number of carbonyl (C=O) groups is 1. The summed E-state index contributed by atoms with van der Waals surface area (Å²) in [6.45, 7) is 4.56. The van der Waals surface area contributed by atoms with Crippen LogP contribution in [-0.2, 0) is 0 Å². The van der Waals surface area contributed by atoms with Gasteiger partial charge < -0.3 is 10.3 Å². The molecule has 1 aromatic heterocycles.